The first-order chi connectivity index (χ1) is 12.5. The number of likely N-dealkylation sites (tertiary alicyclic amines) is 1. The number of aryl methyl sites for hydroxylation is 1. The molecule has 0 unspecified atom stereocenters. The predicted octanol–water partition coefficient (Wildman–Crippen LogP) is 4.28. The summed E-state index contributed by atoms with van der Waals surface area (Å²) in [5.74, 6) is -0.793. The fraction of sp³-hybridized carbons (Fsp3) is 0.300. The second kappa shape index (κ2) is 7.87. The molecular formula is C20H20ClFN2O2. The Morgan fingerprint density at radius 3 is 2.50 bits per heavy atom. The van der Waals surface area contributed by atoms with Gasteiger partial charge in [-0.25, -0.2) is 4.39 Å². The standard InChI is InChI=1S/C20H20ClFN2O2/c1-13-4-2-3-5-16(13)20(26)24-10-8-14(9-11-24)19(25)23-18-7-6-15(22)12-17(18)21/h2-7,12,14H,8-11H2,1H3,(H,23,25). The summed E-state index contributed by atoms with van der Waals surface area (Å²) in [7, 11) is 0. The molecule has 0 spiro atoms. The lowest BCUT2D eigenvalue weighted by atomic mass is 9.95. The molecule has 4 nitrogen and oxygen atoms in total. The average Bonchev–Trinajstić information content (AvgIpc) is 2.64. The Morgan fingerprint density at radius 2 is 1.85 bits per heavy atom. The fourth-order valence-electron chi connectivity index (χ4n) is 3.15. The molecule has 1 heterocycles. The van der Waals surface area contributed by atoms with Gasteiger partial charge in [-0.05, 0) is 49.6 Å². The maximum atomic E-state index is 13.1. The summed E-state index contributed by atoms with van der Waals surface area (Å²) in [6, 6.07) is 11.4. The molecule has 0 aromatic heterocycles. The van der Waals surface area contributed by atoms with Crippen LogP contribution in [-0.2, 0) is 4.79 Å². The van der Waals surface area contributed by atoms with Crippen molar-refractivity contribution in [3.8, 4) is 0 Å². The Kier molecular flexibility index (Phi) is 5.57. The summed E-state index contributed by atoms with van der Waals surface area (Å²) in [6.45, 7) is 2.98. The highest BCUT2D eigenvalue weighted by molar-refractivity contribution is 6.33. The van der Waals surface area contributed by atoms with Crippen LogP contribution in [0.1, 0.15) is 28.8 Å². The van der Waals surface area contributed by atoms with Crippen molar-refractivity contribution in [2.24, 2.45) is 5.92 Å². The molecular weight excluding hydrogens is 355 g/mol. The zero-order chi connectivity index (χ0) is 18.7. The van der Waals surface area contributed by atoms with Gasteiger partial charge < -0.3 is 10.2 Å². The molecule has 1 N–H and O–H groups in total. The minimum absolute atomic E-state index is 0.00328. The Bertz CT molecular complexity index is 832. The number of nitrogens with one attached hydrogen (secondary N) is 1. The quantitative estimate of drug-likeness (QED) is 0.871. The van der Waals surface area contributed by atoms with Gasteiger partial charge in [0.05, 0.1) is 10.7 Å². The van der Waals surface area contributed by atoms with Crippen LogP contribution >= 0.6 is 11.6 Å². The zero-order valence-corrected chi connectivity index (χ0v) is 15.2. The van der Waals surface area contributed by atoms with E-state index in [-0.39, 0.29) is 22.8 Å². The van der Waals surface area contributed by atoms with Crippen molar-refractivity contribution in [2.45, 2.75) is 19.8 Å². The molecule has 2 aromatic rings. The molecule has 0 saturated carbocycles. The number of rotatable bonds is 3. The monoisotopic (exact) mass is 374 g/mol. The fourth-order valence-corrected chi connectivity index (χ4v) is 3.37. The molecule has 3 rings (SSSR count). The number of amides is 2. The molecule has 0 aliphatic carbocycles. The number of anilines is 1. The Morgan fingerprint density at radius 1 is 1.15 bits per heavy atom. The minimum atomic E-state index is -0.448. The number of piperidine rings is 1. The van der Waals surface area contributed by atoms with Crippen molar-refractivity contribution in [1.82, 2.24) is 4.90 Å². The van der Waals surface area contributed by atoms with Gasteiger partial charge in [0.15, 0.2) is 0 Å². The van der Waals surface area contributed by atoms with Gasteiger partial charge in [0.1, 0.15) is 5.82 Å². The van der Waals surface area contributed by atoms with Crippen LogP contribution in [0.15, 0.2) is 42.5 Å². The lowest BCUT2D eigenvalue weighted by molar-refractivity contribution is -0.121. The van der Waals surface area contributed by atoms with Crippen LogP contribution in [-0.4, -0.2) is 29.8 Å². The summed E-state index contributed by atoms with van der Waals surface area (Å²) in [5, 5.41) is 2.92. The minimum Gasteiger partial charge on any atom is -0.339 e. The van der Waals surface area contributed by atoms with E-state index in [4.69, 9.17) is 11.6 Å². The molecule has 1 aliphatic heterocycles. The smallest absolute Gasteiger partial charge is 0.254 e. The van der Waals surface area contributed by atoms with Crippen molar-refractivity contribution in [3.63, 3.8) is 0 Å². The Balaban J connectivity index is 1.59. The maximum Gasteiger partial charge on any atom is 0.254 e. The number of carbonyl (C=O) groups excluding carboxylic acids is 2. The van der Waals surface area contributed by atoms with Gasteiger partial charge in [0.25, 0.3) is 5.91 Å². The van der Waals surface area contributed by atoms with Crippen LogP contribution in [0.25, 0.3) is 0 Å². The SMILES string of the molecule is Cc1ccccc1C(=O)N1CCC(C(=O)Nc2ccc(F)cc2Cl)CC1. The first-order valence-electron chi connectivity index (χ1n) is 8.56. The molecule has 1 fully saturated rings. The third-order valence-electron chi connectivity index (χ3n) is 4.72. The van der Waals surface area contributed by atoms with Gasteiger partial charge in [-0.15, -0.1) is 0 Å². The van der Waals surface area contributed by atoms with E-state index in [1.54, 1.807) is 4.90 Å². The van der Waals surface area contributed by atoms with Crippen LogP contribution in [0.3, 0.4) is 0 Å². The second-order valence-electron chi connectivity index (χ2n) is 6.49. The first kappa shape index (κ1) is 18.4. The average molecular weight is 375 g/mol. The van der Waals surface area contributed by atoms with E-state index in [2.05, 4.69) is 5.32 Å². The summed E-state index contributed by atoms with van der Waals surface area (Å²) >= 11 is 5.95. The number of halogens is 2. The predicted molar refractivity (Wildman–Crippen MR) is 99.8 cm³/mol. The molecule has 6 heteroatoms. The van der Waals surface area contributed by atoms with E-state index in [0.717, 1.165) is 5.56 Å². The number of hydrogen-bond acceptors (Lipinski definition) is 2. The molecule has 0 radical (unpaired) electrons. The van der Waals surface area contributed by atoms with Crippen LogP contribution < -0.4 is 5.32 Å². The molecule has 2 aromatic carbocycles. The summed E-state index contributed by atoms with van der Waals surface area (Å²) in [6.07, 6.45) is 1.17. The Hall–Kier alpha value is -2.40. The van der Waals surface area contributed by atoms with E-state index in [0.29, 0.717) is 37.2 Å². The normalized spacial score (nSPS) is 15.0. The number of hydrogen-bond donors (Lipinski definition) is 1. The highest BCUT2D eigenvalue weighted by Crippen LogP contribution is 2.26. The van der Waals surface area contributed by atoms with Gasteiger partial charge in [-0.3, -0.25) is 9.59 Å². The first-order valence-corrected chi connectivity index (χ1v) is 8.94. The Labute approximate surface area is 157 Å². The summed E-state index contributed by atoms with van der Waals surface area (Å²) in [4.78, 5) is 26.9. The van der Waals surface area contributed by atoms with Crippen LogP contribution in [0.4, 0.5) is 10.1 Å². The van der Waals surface area contributed by atoms with Gasteiger partial charge in [-0.2, -0.15) is 0 Å². The number of benzene rings is 2. The maximum absolute atomic E-state index is 13.1. The van der Waals surface area contributed by atoms with E-state index < -0.39 is 5.82 Å². The highest BCUT2D eigenvalue weighted by Gasteiger charge is 2.28. The highest BCUT2D eigenvalue weighted by atomic mass is 35.5. The van der Waals surface area contributed by atoms with E-state index in [1.165, 1.54) is 18.2 Å². The zero-order valence-electron chi connectivity index (χ0n) is 14.5. The largest absolute Gasteiger partial charge is 0.339 e. The molecule has 0 atom stereocenters. The number of carbonyl (C=O) groups is 2. The van der Waals surface area contributed by atoms with Crippen LogP contribution in [0, 0.1) is 18.7 Å². The number of nitrogens with zero attached hydrogens (tertiary/aromatic N) is 1. The molecule has 136 valence electrons. The third-order valence-corrected chi connectivity index (χ3v) is 5.03. The lowest BCUT2D eigenvalue weighted by Crippen LogP contribution is -2.41. The van der Waals surface area contributed by atoms with Crippen molar-refractivity contribution in [2.75, 3.05) is 18.4 Å². The molecule has 1 aliphatic rings. The topological polar surface area (TPSA) is 49.4 Å². The van der Waals surface area contributed by atoms with Crippen molar-refractivity contribution >= 4 is 29.1 Å². The van der Waals surface area contributed by atoms with E-state index in [9.17, 15) is 14.0 Å². The van der Waals surface area contributed by atoms with Crippen molar-refractivity contribution < 1.29 is 14.0 Å². The van der Waals surface area contributed by atoms with E-state index >= 15 is 0 Å². The van der Waals surface area contributed by atoms with E-state index in [1.807, 2.05) is 31.2 Å². The third kappa shape index (κ3) is 4.05. The molecule has 26 heavy (non-hydrogen) atoms. The van der Waals surface area contributed by atoms with Crippen molar-refractivity contribution in [3.05, 3.63) is 64.4 Å². The molecule has 1 saturated heterocycles. The second-order valence-corrected chi connectivity index (χ2v) is 6.90. The lowest BCUT2D eigenvalue weighted by Gasteiger charge is -2.31. The molecule has 0 bridgehead atoms. The van der Waals surface area contributed by atoms with Gasteiger partial charge in [-0.1, -0.05) is 29.8 Å². The molecule has 2 amide bonds. The van der Waals surface area contributed by atoms with Crippen LogP contribution in [0.5, 0.6) is 0 Å². The van der Waals surface area contributed by atoms with Gasteiger partial charge in [0.2, 0.25) is 5.91 Å². The van der Waals surface area contributed by atoms with Gasteiger partial charge in [0, 0.05) is 24.6 Å². The summed E-state index contributed by atoms with van der Waals surface area (Å²) in [5.41, 5.74) is 2.05. The van der Waals surface area contributed by atoms with Crippen LogP contribution in [0.2, 0.25) is 5.02 Å². The van der Waals surface area contributed by atoms with Gasteiger partial charge >= 0.3 is 0 Å². The van der Waals surface area contributed by atoms with Crippen molar-refractivity contribution in [1.29, 1.82) is 0 Å². The summed E-state index contributed by atoms with van der Waals surface area (Å²) < 4.78 is 13.1.